The number of carbonyl (C=O) groups excluding carboxylic acids is 1. The number of ether oxygens (including phenoxy) is 1. The molecule has 0 aliphatic rings. The molecule has 0 bridgehead atoms. The third kappa shape index (κ3) is 5.45. The average molecular weight is 412 g/mol. The molecule has 2 aromatic carbocycles. The van der Waals surface area contributed by atoms with Crippen LogP contribution in [0.5, 0.6) is 5.75 Å². The van der Waals surface area contributed by atoms with Crippen LogP contribution in [0.25, 0.3) is 11.4 Å². The smallest absolute Gasteiger partial charge is 0.234 e. The molecule has 150 valence electrons. The summed E-state index contributed by atoms with van der Waals surface area (Å²) in [6, 6.07) is 13.2. The van der Waals surface area contributed by atoms with E-state index < -0.39 is 0 Å². The van der Waals surface area contributed by atoms with Crippen molar-refractivity contribution in [2.45, 2.75) is 18.6 Å². The lowest BCUT2D eigenvalue weighted by Crippen LogP contribution is -2.14. The summed E-state index contributed by atoms with van der Waals surface area (Å²) >= 11 is 1.28. The molecule has 1 amide bonds. The van der Waals surface area contributed by atoms with Crippen LogP contribution < -0.4 is 10.1 Å². The van der Waals surface area contributed by atoms with Gasteiger partial charge in [-0.3, -0.25) is 9.36 Å². The summed E-state index contributed by atoms with van der Waals surface area (Å²) in [6.45, 7) is 6.84. The predicted molar refractivity (Wildman–Crippen MR) is 113 cm³/mol. The first-order valence-electron chi connectivity index (χ1n) is 9.06. The molecule has 0 aliphatic heterocycles. The summed E-state index contributed by atoms with van der Waals surface area (Å²) in [5.74, 6) is 1.07. The van der Waals surface area contributed by atoms with Gasteiger partial charge in [-0.2, -0.15) is 0 Å². The molecule has 1 heterocycles. The largest absolute Gasteiger partial charge is 0.494 e. The highest BCUT2D eigenvalue weighted by Crippen LogP contribution is 2.26. The lowest BCUT2D eigenvalue weighted by Gasteiger charge is -2.09. The minimum Gasteiger partial charge on any atom is -0.494 e. The maximum absolute atomic E-state index is 13.0. The quantitative estimate of drug-likeness (QED) is 0.417. The number of amides is 1. The maximum Gasteiger partial charge on any atom is 0.234 e. The molecule has 0 radical (unpaired) electrons. The van der Waals surface area contributed by atoms with Gasteiger partial charge in [0.05, 0.1) is 12.4 Å². The highest BCUT2D eigenvalue weighted by molar-refractivity contribution is 7.99. The van der Waals surface area contributed by atoms with Crippen LogP contribution in [0.2, 0.25) is 0 Å². The minimum absolute atomic E-state index is 0.149. The van der Waals surface area contributed by atoms with Crippen LogP contribution >= 0.6 is 11.8 Å². The summed E-state index contributed by atoms with van der Waals surface area (Å²) in [7, 11) is 0. The molecule has 0 saturated heterocycles. The van der Waals surface area contributed by atoms with Crippen molar-refractivity contribution in [2.75, 3.05) is 17.7 Å². The SMILES string of the molecule is C=CCn1c(SCC(=O)Nc2ccc(F)cc2)nnc1-c1ccc(OCC)cc1. The molecule has 6 nitrogen and oxygen atoms in total. The van der Waals surface area contributed by atoms with Gasteiger partial charge in [-0.05, 0) is 55.5 Å². The monoisotopic (exact) mass is 412 g/mol. The number of hydrogen-bond donors (Lipinski definition) is 1. The molecule has 0 fully saturated rings. The Morgan fingerprint density at radius 3 is 2.59 bits per heavy atom. The number of rotatable bonds is 9. The second-order valence-corrected chi connectivity index (χ2v) is 6.95. The molecular formula is C21H21FN4O2S. The van der Waals surface area contributed by atoms with Crippen LogP contribution in [0.15, 0.2) is 66.3 Å². The number of benzene rings is 2. The zero-order valence-electron chi connectivity index (χ0n) is 16.0. The molecule has 0 unspecified atom stereocenters. The van der Waals surface area contributed by atoms with Gasteiger partial charge in [0.15, 0.2) is 11.0 Å². The van der Waals surface area contributed by atoms with Crippen LogP contribution in [0.4, 0.5) is 10.1 Å². The van der Waals surface area contributed by atoms with Crippen molar-refractivity contribution in [1.29, 1.82) is 0 Å². The number of nitrogens with zero attached hydrogens (tertiary/aromatic N) is 3. The summed E-state index contributed by atoms with van der Waals surface area (Å²) in [5, 5.41) is 11.9. The Hall–Kier alpha value is -3.13. The fourth-order valence-electron chi connectivity index (χ4n) is 2.63. The van der Waals surface area contributed by atoms with Gasteiger partial charge in [0.25, 0.3) is 0 Å². The van der Waals surface area contributed by atoms with Gasteiger partial charge in [0.1, 0.15) is 11.6 Å². The third-order valence-electron chi connectivity index (χ3n) is 3.91. The first kappa shape index (κ1) is 20.6. The Morgan fingerprint density at radius 1 is 1.21 bits per heavy atom. The first-order chi connectivity index (χ1) is 14.1. The molecule has 0 aliphatic carbocycles. The molecular weight excluding hydrogens is 391 g/mol. The zero-order valence-corrected chi connectivity index (χ0v) is 16.8. The van der Waals surface area contributed by atoms with Gasteiger partial charge >= 0.3 is 0 Å². The Labute approximate surface area is 172 Å². The zero-order chi connectivity index (χ0) is 20.6. The summed E-state index contributed by atoms with van der Waals surface area (Å²) in [5.41, 5.74) is 1.44. The van der Waals surface area contributed by atoms with E-state index in [4.69, 9.17) is 4.74 Å². The molecule has 0 spiro atoms. The van der Waals surface area contributed by atoms with Crippen molar-refractivity contribution in [3.8, 4) is 17.1 Å². The second-order valence-electron chi connectivity index (χ2n) is 6.01. The topological polar surface area (TPSA) is 69.0 Å². The van der Waals surface area contributed by atoms with Crippen LogP contribution in [0.3, 0.4) is 0 Å². The Bertz CT molecular complexity index is 971. The van der Waals surface area contributed by atoms with Crippen molar-refractivity contribution in [3.05, 3.63) is 67.0 Å². The Morgan fingerprint density at radius 2 is 1.93 bits per heavy atom. The Kier molecular flexibility index (Phi) is 7.02. The molecule has 0 saturated carbocycles. The van der Waals surface area contributed by atoms with Gasteiger partial charge in [-0.1, -0.05) is 17.8 Å². The number of anilines is 1. The number of aromatic nitrogens is 3. The van der Waals surface area contributed by atoms with Crippen LogP contribution in [-0.2, 0) is 11.3 Å². The molecule has 29 heavy (non-hydrogen) atoms. The van der Waals surface area contributed by atoms with E-state index in [0.717, 1.165) is 11.3 Å². The molecule has 0 atom stereocenters. The second kappa shape index (κ2) is 9.88. The summed E-state index contributed by atoms with van der Waals surface area (Å²) in [4.78, 5) is 12.2. The first-order valence-corrected chi connectivity index (χ1v) is 10.0. The van der Waals surface area contributed by atoms with Gasteiger partial charge in [-0.15, -0.1) is 16.8 Å². The number of thioether (sulfide) groups is 1. The fourth-order valence-corrected chi connectivity index (χ4v) is 3.38. The Balaban J connectivity index is 1.70. The summed E-state index contributed by atoms with van der Waals surface area (Å²) < 4.78 is 20.3. The summed E-state index contributed by atoms with van der Waals surface area (Å²) in [6.07, 6.45) is 1.75. The lowest BCUT2D eigenvalue weighted by atomic mass is 10.2. The fraction of sp³-hybridized carbons (Fsp3) is 0.190. The van der Waals surface area contributed by atoms with Crippen LogP contribution in [0.1, 0.15) is 6.92 Å². The van der Waals surface area contributed by atoms with Crippen LogP contribution in [-0.4, -0.2) is 33.0 Å². The van der Waals surface area contributed by atoms with E-state index >= 15 is 0 Å². The van der Waals surface area contributed by atoms with E-state index in [2.05, 4.69) is 22.1 Å². The van der Waals surface area contributed by atoms with Crippen molar-refractivity contribution in [1.82, 2.24) is 14.8 Å². The number of allylic oxidation sites excluding steroid dienone is 1. The van der Waals surface area contributed by atoms with Crippen LogP contribution in [0, 0.1) is 5.82 Å². The van der Waals surface area contributed by atoms with Gasteiger partial charge in [-0.25, -0.2) is 4.39 Å². The predicted octanol–water partition coefficient (Wildman–Crippen LogP) is 4.40. The normalized spacial score (nSPS) is 10.6. The van der Waals surface area contributed by atoms with E-state index in [1.165, 1.54) is 36.0 Å². The molecule has 1 N–H and O–H groups in total. The lowest BCUT2D eigenvalue weighted by molar-refractivity contribution is -0.113. The number of carbonyl (C=O) groups is 1. The number of nitrogens with one attached hydrogen (secondary N) is 1. The van der Waals surface area contributed by atoms with Crippen molar-refractivity contribution >= 4 is 23.4 Å². The van der Waals surface area contributed by atoms with Crippen molar-refractivity contribution in [3.63, 3.8) is 0 Å². The average Bonchev–Trinajstić information content (AvgIpc) is 3.12. The van der Waals surface area contributed by atoms with E-state index in [1.807, 2.05) is 35.8 Å². The van der Waals surface area contributed by atoms with Crippen molar-refractivity contribution in [2.24, 2.45) is 0 Å². The number of halogens is 1. The standard InChI is InChI=1S/C21H21FN4O2S/c1-3-13-26-20(15-5-11-18(12-6-15)28-4-2)24-25-21(26)29-14-19(27)23-17-9-7-16(22)8-10-17/h3,5-12H,1,4,13-14H2,2H3,(H,23,27). The molecule has 3 aromatic rings. The molecule has 1 aromatic heterocycles. The van der Waals surface area contributed by atoms with Gasteiger partial charge in [0.2, 0.25) is 5.91 Å². The van der Waals surface area contributed by atoms with E-state index in [-0.39, 0.29) is 17.5 Å². The molecule has 8 heteroatoms. The minimum atomic E-state index is -0.350. The van der Waals surface area contributed by atoms with E-state index in [1.54, 1.807) is 6.08 Å². The van der Waals surface area contributed by atoms with Gasteiger partial charge < -0.3 is 10.1 Å². The van der Waals surface area contributed by atoms with Gasteiger partial charge in [0, 0.05) is 17.8 Å². The van der Waals surface area contributed by atoms with E-state index in [0.29, 0.717) is 29.8 Å². The number of hydrogen-bond acceptors (Lipinski definition) is 5. The van der Waals surface area contributed by atoms with E-state index in [9.17, 15) is 9.18 Å². The highest BCUT2D eigenvalue weighted by Gasteiger charge is 2.15. The maximum atomic E-state index is 13.0. The third-order valence-corrected chi connectivity index (χ3v) is 4.88. The highest BCUT2D eigenvalue weighted by atomic mass is 32.2. The van der Waals surface area contributed by atoms with Crippen molar-refractivity contribution < 1.29 is 13.9 Å². The molecule has 3 rings (SSSR count).